The van der Waals surface area contributed by atoms with Gasteiger partial charge in [-0.25, -0.2) is 9.97 Å². The summed E-state index contributed by atoms with van der Waals surface area (Å²) in [6, 6.07) is 3.74. The molecule has 20 heavy (non-hydrogen) atoms. The molecule has 0 saturated carbocycles. The van der Waals surface area contributed by atoms with Gasteiger partial charge in [0.15, 0.2) is 0 Å². The van der Waals surface area contributed by atoms with Gasteiger partial charge in [0.1, 0.15) is 5.82 Å². The number of nitrogens with zero attached hydrogens (tertiary/aromatic N) is 2. The largest absolute Gasteiger partial charge is 0.416 e. The number of likely N-dealkylation sites (N-methyl/N-ethyl adjacent to an activating group) is 1. The monoisotopic (exact) mass is 283 g/mol. The first-order chi connectivity index (χ1) is 9.31. The van der Waals surface area contributed by atoms with E-state index in [1.165, 1.54) is 6.07 Å². The summed E-state index contributed by atoms with van der Waals surface area (Å²) >= 11 is 0. The standard InChI is InChI=1S/C14H16F3N3/c1-8(18-3)6-13-19-9(2)11-5-4-10(14(15,16)17)7-12(11)20-13/h4-5,7-8,18H,6H2,1-3H3. The second-order valence-corrected chi connectivity index (χ2v) is 4.85. The minimum Gasteiger partial charge on any atom is -0.317 e. The van der Waals surface area contributed by atoms with Crippen molar-refractivity contribution < 1.29 is 13.2 Å². The minimum absolute atomic E-state index is 0.164. The van der Waals surface area contributed by atoms with Gasteiger partial charge >= 0.3 is 6.18 Å². The van der Waals surface area contributed by atoms with Crippen LogP contribution < -0.4 is 5.32 Å². The molecule has 0 bridgehead atoms. The van der Waals surface area contributed by atoms with Gasteiger partial charge in [0.05, 0.1) is 11.1 Å². The zero-order valence-corrected chi connectivity index (χ0v) is 11.5. The van der Waals surface area contributed by atoms with E-state index in [-0.39, 0.29) is 6.04 Å². The second-order valence-electron chi connectivity index (χ2n) is 4.85. The van der Waals surface area contributed by atoms with Crippen molar-refractivity contribution in [3.63, 3.8) is 0 Å². The van der Waals surface area contributed by atoms with Gasteiger partial charge in [-0.2, -0.15) is 13.2 Å². The molecule has 0 aliphatic rings. The number of nitrogens with one attached hydrogen (secondary N) is 1. The van der Waals surface area contributed by atoms with E-state index in [2.05, 4.69) is 15.3 Å². The van der Waals surface area contributed by atoms with E-state index < -0.39 is 11.7 Å². The molecule has 1 aromatic carbocycles. The van der Waals surface area contributed by atoms with Crippen molar-refractivity contribution in [1.82, 2.24) is 15.3 Å². The molecule has 1 atom stereocenters. The topological polar surface area (TPSA) is 37.8 Å². The van der Waals surface area contributed by atoms with Crippen LogP contribution in [0, 0.1) is 6.92 Å². The molecule has 0 amide bonds. The third kappa shape index (κ3) is 3.07. The summed E-state index contributed by atoms with van der Waals surface area (Å²) in [5, 5.41) is 3.71. The fourth-order valence-electron chi connectivity index (χ4n) is 1.99. The highest BCUT2D eigenvalue weighted by Gasteiger charge is 2.30. The molecule has 1 N–H and O–H groups in total. The van der Waals surface area contributed by atoms with Crippen LogP contribution in [0.15, 0.2) is 18.2 Å². The molecule has 6 heteroatoms. The van der Waals surface area contributed by atoms with Crippen LogP contribution in [0.1, 0.15) is 24.0 Å². The van der Waals surface area contributed by atoms with Gasteiger partial charge < -0.3 is 5.32 Å². The maximum absolute atomic E-state index is 12.7. The van der Waals surface area contributed by atoms with Gasteiger partial charge in [0.2, 0.25) is 0 Å². The Hall–Kier alpha value is -1.69. The molecule has 0 fully saturated rings. The molecule has 2 rings (SSSR count). The Kier molecular flexibility index (Phi) is 3.94. The van der Waals surface area contributed by atoms with Crippen LogP contribution in [-0.4, -0.2) is 23.1 Å². The number of rotatable bonds is 3. The maximum Gasteiger partial charge on any atom is 0.416 e. The molecule has 0 aliphatic heterocycles. The summed E-state index contributed by atoms with van der Waals surface area (Å²) in [6.07, 6.45) is -3.78. The summed E-state index contributed by atoms with van der Waals surface area (Å²) in [5.41, 5.74) is 0.350. The molecule has 1 heterocycles. The summed E-state index contributed by atoms with van der Waals surface area (Å²) < 4.78 is 38.2. The highest BCUT2D eigenvalue weighted by molar-refractivity contribution is 5.81. The molecular formula is C14H16F3N3. The summed E-state index contributed by atoms with van der Waals surface area (Å²) in [4.78, 5) is 8.60. The van der Waals surface area contributed by atoms with Gasteiger partial charge in [-0.05, 0) is 33.0 Å². The quantitative estimate of drug-likeness (QED) is 0.940. The molecular weight excluding hydrogens is 267 g/mol. The van der Waals surface area contributed by atoms with Crippen LogP contribution >= 0.6 is 0 Å². The first kappa shape index (κ1) is 14.7. The lowest BCUT2D eigenvalue weighted by Crippen LogP contribution is -2.24. The molecule has 108 valence electrons. The van der Waals surface area contributed by atoms with E-state index >= 15 is 0 Å². The molecule has 0 aliphatic carbocycles. The number of fused-ring (bicyclic) bond motifs is 1. The predicted molar refractivity (Wildman–Crippen MR) is 71.5 cm³/mol. The number of halogens is 3. The minimum atomic E-state index is -4.36. The zero-order valence-electron chi connectivity index (χ0n) is 11.5. The van der Waals surface area contributed by atoms with Crippen molar-refractivity contribution in [2.24, 2.45) is 0 Å². The van der Waals surface area contributed by atoms with Crippen LogP contribution in [-0.2, 0) is 12.6 Å². The number of aromatic nitrogens is 2. The van der Waals surface area contributed by atoms with Crippen LogP contribution in [0.25, 0.3) is 10.9 Å². The molecule has 0 saturated heterocycles. The third-order valence-corrected chi connectivity index (χ3v) is 3.24. The number of hydrogen-bond donors (Lipinski definition) is 1. The highest BCUT2D eigenvalue weighted by Crippen LogP contribution is 2.31. The molecule has 0 radical (unpaired) electrons. The lowest BCUT2D eigenvalue weighted by atomic mass is 10.1. The average molecular weight is 283 g/mol. The van der Waals surface area contributed by atoms with Gasteiger partial charge in [-0.1, -0.05) is 6.07 Å². The molecule has 1 unspecified atom stereocenters. The van der Waals surface area contributed by atoms with E-state index in [0.717, 1.165) is 12.1 Å². The number of aryl methyl sites for hydroxylation is 1. The Morgan fingerprint density at radius 1 is 1.25 bits per heavy atom. The Bertz CT molecular complexity index is 623. The zero-order chi connectivity index (χ0) is 14.9. The fraction of sp³-hybridized carbons (Fsp3) is 0.429. The van der Waals surface area contributed by atoms with Crippen LogP contribution in [0.2, 0.25) is 0 Å². The van der Waals surface area contributed by atoms with E-state index in [1.54, 1.807) is 6.92 Å². The molecule has 3 nitrogen and oxygen atoms in total. The molecule has 2 aromatic rings. The smallest absolute Gasteiger partial charge is 0.317 e. The first-order valence-electron chi connectivity index (χ1n) is 6.33. The predicted octanol–water partition coefficient (Wildman–Crippen LogP) is 3.11. The summed E-state index contributed by atoms with van der Waals surface area (Å²) in [6.45, 7) is 3.75. The first-order valence-corrected chi connectivity index (χ1v) is 6.33. The maximum atomic E-state index is 12.7. The van der Waals surface area contributed by atoms with Crippen LogP contribution in [0.3, 0.4) is 0 Å². The van der Waals surface area contributed by atoms with E-state index in [0.29, 0.717) is 28.8 Å². The van der Waals surface area contributed by atoms with E-state index in [9.17, 15) is 13.2 Å². The Morgan fingerprint density at radius 3 is 2.55 bits per heavy atom. The van der Waals surface area contributed by atoms with Crippen molar-refractivity contribution in [2.75, 3.05) is 7.05 Å². The summed E-state index contributed by atoms with van der Waals surface area (Å²) in [5.74, 6) is 0.552. The number of alkyl halides is 3. The molecule has 1 aromatic heterocycles. The Labute approximate surface area is 115 Å². The lowest BCUT2D eigenvalue weighted by Gasteiger charge is -2.12. The van der Waals surface area contributed by atoms with Crippen LogP contribution in [0.5, 0.6) is 0 Å². The summed E-state index contributed by atoms with van der Waals surface area (Å²) in [7, 11) is 1.82. The van der Waals surface area contributed by atoms with Gasteiger partial charge in [0.25, 0.3) is 0 Å². The third-order valence-electron chi connectivity index (χ3n) is 3.24. The normalized spacial score (nSPS) is 13.7. The van der Waals surface area contributed by atoms with E-state index in [4.69, 9.17) is 0 Å². The highest BCUT2D eigenvalue weighted by atomic mass is 19.4. The van der Waals surface area contributed by atoms with Crippen molar-refractivity contribution in [2.45, 2.75) is 32.5 Å². The Balaban J connectivity index is 2.50. The van der Waals surface area contributed by atoms with E-state index in [1.807, 2.05) is 14.0 Å². The second kappa shape index (κ2) is 5.36. The number of hydrogen-bond acceptors (Lipinski definition) is 3. The van der Waals surface area contributed by atoms with Crippen molar-refractivity contribution in [1.29, 1.82) is 0 Å². The van der Waals surface area contributed by atoms with Gasteiger partial charge in [0, 0.05) is 23.5 Å². The van der Waals surface area contributed by atoms with Crippen molar-refractivity contribution in [3.05, 3.63) is 35.3 Å². The van der Waals surface area contributed by atoms with Gasteiger partial charge in [-0.15, -0.1) is 0 Å². The van der Waals surface area contributed by atoms with Crippen molar-refractivity contribution >= 4 is 10.9 Å². The Morgan fingerprint density at radius 2 is 1.95 bits per heavy atom. The fourth-order valence-corrected chi connectivity index (χ4v) is 1.99. The molecule has 0 spiro atoms. The van der Waals surface area contributed by atoms with Crippen LogP contribution in [0.4, 0.5) is 13.2 Å². The SMILES string of the molecule is CNC(C)Cc1nc(C)c2ccc(C(F)(F)F)cc2n1. The average Bonchev–Trinajstić information content (AvgIpc) is 2.36. The number of benzene rings is 1. The van der Waals surface area contributed by atoms with Gasteiger partial charge in [-0.3, -0.25) is 0 Å². The lowest BCUT2D eigenvalue weighted by molar-refractivity contribution is -0.137. The van der Waals surface area contributed by atoms with Crippen molar-refractivity contribution in [3.8, 4) is 0 Å².